The molecule has 2 aliphatic heterocycles. The lowest BCUT2D eigenvalue weighted by atomic mass is 9.93. The highest BCUT2D eigenvalue weighted by Crippen LogP contribution is 2.32. The molecule has 0 saturated carbocycles. The number of fused-ring (bicyclic) bond motifs is 3. The molecule has 0 bridgehead atoms. The number of hydrogen-bond acceptors (Lipinski definition) is 2. The number of nitrogens with zero attached hydrogens (tertiary/aromatic N) is 1. The van der Waals surface area contributed by atoms with Crippen LogP contribution in [0.15, 0.2) is 48.5 Å². The van der Waals surface area contributed by atoms with E-state index in [1.54, 1.807) is 0 Å². The van der Waals surface area contributed by atoms with E-state index in [4.69, 9.17) is 4.74 Å². The van der Waals surface area contributed by atoms with Crippen LogP contribution in [0, 0.1) is 5.92 Å². The number of carbonyl (C=O) groups is 1. The summed E-state index contributed by atoms with van der Waals surface area (Å²) in [5.74, 6) is 0.652. The summed E-state index contributed by atoms with van der Waals surface area (Å²) in [4.78, 5) is 14.8. The number of benzene rings is 2. The Bertz CT molecular complexity index is 757. The smallest absolute Gasteiger partial charge is 0.318 e. The van der Waals surface area contributed by atoms with Gasteiger partial charge in [-0.05, 0) is 54.4 Å². The van der Waals surface area contributed by atoms with Crippen LogP contribution in [-0.4, -0.2) is 30.2 Å². The normalized spacial score (nSPS) is 21.7. The van der Waals surface area contributed by atoms with Crippen molar-refractivity contribution in [1.29, 1.82) is 0 Å². The Morgan fingerprint density at radius 3 is 2.33 bits per heavy atom. The van der Waals surface area contributed by atoms with E-state index in [1.807, 2.05) is 4.90 Å². The Labute approximate surface area is 161 Å². The number of ether oxygens (including phenoxy) is 1. The number of hydrogen-bond donors (Lipinski definition) is 1. The van der Waals surface area contributed by atoms with Crippen molar-refractivity contribution in [2.75, 3.05) is 13.2 Å². The summed E-state index contributed by atoms with van der Waals surface area (Å²) in [6, 6.07) is 16.8. The van der Waals surface area contributed by atoms with Crippen molar-refractivity contribution in [3.63, 3.8) is 0 Å². The van der Waals surface area contributed by atoms with Gasteiger partial charge < -0.3 is 15.0 Å². The third-order valence-corrected chi connectivity index (χ3v) is 5.76. The molecule has 2 aromatic rings. The van der Waals surface area contributed by atoms with Gasteiger partial charge in [-0.2, -0.15) is 0 Å². The van der Waals surface area contributed by atoms with Crippen LogP contribution in [-0.2, 0) is 17.8 Å². The molecule has 2 amide bonds. The minimum absolute atomic E-state index is 0.0293. The Morgan fingerprint density at radius 1 is 1.07 bits per heavy atom. The van der Waals surface area contributed by atoms with E-state index in [9.17, 15) is 4.79 Å². The summed E-state index contributed by atoms with van der Waals surface area (Å²) in [6.45, 7) is 5.00. The predicted octanol–water partition coefficient (Wildman–Crippen LogP) is 4.58. The van der Waals surface area contributed by atoms with Gasteiger partial charge in [-0.3, -0.25) is 0 Å². The maximum atomic E-state index is 12.9. The molecular weight excluding hydrogens is 336 g/mol. The van der Waals surface area contributed by atoms with E-state index in [-0.39, 0.29) is 6.03 Å². The predicted molar refractivity (Wildman–Crippen MR) is 107 cm³/mol. The van der Waals surface area contributed by atoms with Crippen LogP contribution in [0.3, 0.4) is 0 Å². The molecule has 2 aliphatic rings. The van der Waals surface area contributed by atoms with Crippen LogP contribution in [0.5, 0.6) is 0 Å². The molecule has 2 heterocycles. The zero-order chi connectivity index (χ0) is 18.6. The van der Waals surface area contributed by atoms with Crippen molar-refractivity contribution in [2.45, 2.75) is 45.4 Å². The second kappa shape index (κ2) is 8.13. The molecular formula is C23H28N2O2. The fourth-order valence-corrected chi connectivity index (χ4v) is 4.30. The molecule has 27 heavy (non-hydrogen) atoms. The number of carbonyl (C=O) groups excluding carboxylic acids is 1. The van der Waals surface area contributed by atoms with Gasteiger partial charge in [-0.15, -0.1) is 0 Å². The Balaban J connectivity index is 1.42. The average Bonchev–Trinajstić information content (AvgIpc) is 2.85. The fraction of sp³-hybridized carbons (Fsp3) is 0.435. The van der Waals surface area contributed by atoms with E-state index in [0.717, 1.165) is 32.4 Å². The Hall–Kier alpha value is -2.33. The van der Waals surface area contributed by atoms with Crippen molar-refractivity contribution < 1.29 is 9.53 Å². The molecule has 2 aromatic carbocycles. The summed E-state index contributed by atoms with van der Waals surface area (Å²) >= 11 is 0. The maximum Gasteiger partial charge on any atom is 0.318 e. The van der Waals surface area contributed by atoms with Gasteiger partial charge in [-0.25, -0.2) is 4.79 Å². The number of amides is 2. The van der Waals surface area contributed by atoms with Crippen LogP contribution >= 0.6 is 0 Å². The monoisotopic (exact) mass is 364 g/mol. The van der Waals surface area contributed by atoms with Crippen LogP contribution in [0.2, 0.25) is 0 Å². The van der Waals surface area contributed by atoms with Gasteiger partial charge in [0.15, 0.2) is 0 Å². The summed E-state index contributed by atoms with van der Waals surface area (Å²) in [5, 5.41) is 3.15. The van der Waals surface area contributed by atoms with Crippen LogP contribution < -0.4 is 5.32 Å². The number of urea groups is 1. The first-order valence-corrected chi connectivity index (χ1v) is 10.0. The molecule has 4 heteroatoms. The number of nitrogens with one attached hydrogen (secondary N) is 1. The zero-order valence-electron chi connectivity index (χ0n) is 16.0. The van der Waals surface area contributed by atoms with Gasteiger partial charge in [-0.1, -0.05) is 48.5 Å². The van der Waals surface area contributed by atoms with Crippen LogP contribution in [0.25, 0.3) is 11.1 Å². The summed E-state index contributed by atoms with van der Waals surface area (Å²) < 4.78 is 5.62. The highest BCUT2D eigenvalue weighted by atomic mass is 16.5. The van der Waals surface area contributed by atoms with Crippen molar-refractivity contribution in [3.05, 3.63) is 59.7 Å². The molecule has 0 radical (unpaired) electrons. The van der Waals surface area contributed by atoms with E-state index in [1.165, 1.54) is 22.3 Å². The molecule has 0 spiro atoms. The fourth-order valence-electron chi connectivity index (χ4n) is 4.30. The molecule has 1 saturated heterocycles. The summed E-state index contributed by atoms with van der Waals surface area (Å²) in [6.07, 6.45) is 3.57. The molecule has 4 rings (SSSR count). The first-order valence-electron chi connectivity index (χ1n) is 10.0. The molecule has 0 aromatic heterocycles. The topological polar surface area (TPSA) is 41.6 Å². The van der Waals surface area contributed by atoms with Crippen LogP contribution in [0.1, 0.15) is 37.3 Å². The van der Waals surface area contributed by atoms with Crippen molar-refractivity contribution >= 4 is 6.03 Å². The van der Waals surface area contributed by atoms with E-state index in [2.05, 4.69) is 60.8 Å². The Morgan fingerprint density at radius 2 is 1.70 bits per heavy atom. The molecule has 2 unspecified atom stereocenters. The highest BCUT2D eigenvalue weighted by molar-refractivity contribution is 5.78. The SMILES string of the molecule is CC1CC(CCNC(=O)N2Cc3ccccc3-c3ccccc3C2)CCO1. The maximum absolute atomic E-state index is 12.9. The van der Waals surface area contributed by atoms with Gasteiger partial charge >= 0.3 is 6.03 Å². The van der Waals surface area contributed by atoms with Crippen molar-refractivity contribution in [2.24, 2.45) is 5.92 Å². The zero-order valence-corrected chi connectivity index (χ0v) is 16.0. The van der Waals surface area contributed by atoms with Crippen molar-refractivity contribution in [1.82, 2.24) is 10.2 Å². The molecule has 0 aliphatic carbocycles. The average molecular weight is 364 g/mol. The Kier molecular flexibility index (Phi) is 5.44. The van der Waals surface area contributed by atoms with E-state index >= 15 is 0 Å². The van der Waals surface area contributed by atoms with Crippen molar-refractivity contribution in [3.8, 4) is 11.1 Å². The molecule has 142 valence electrons. The third kappa shape index (κ3) is 4.16. The van der Waals surface area contributed by atoms with E-state index in [0.29, 0.717) is 25.1 Å². The van der Waals surface area contributed by atoms with Gasteiger partial charge in [0.1, 0.15) is 0 Å². The summed E-state index contributed by atoms with van der Waals surface area (Å²) in [5.41, 5.74) is 4.88. The summed E-state index contributed by atoms with van der Waals surface area (Å²) in [7, 11) is 0. The minimum Gasteiger partial charge on any atom is -0.378 e. The lowest BCUT2D eigenvalue weighted by molar-refractivity contribution is 0.00111. The first-order chi connectivity index (χ1) is 13.2. The van der Waals surface area contributed by atoms with E-state index < -0.39 is 0 Å². The third-order valence-electron chi connectivity index (χ3n) is 5.76. The second-order valence-corrected chi connectivity index (χ2v) is 7.76. The highest BCUT2D eigenvalue weighted by Gasteiger charge is 2.23. The lowest BCUT2D eigenvalue weighted by Crippen LogP contribution is -2.39. The molecule has 4 nitrogen and oxygen atoms in total. The largest absolute Gasteiger partial charge is 0.378 e. The van der Waals surface area contributed by atoms with Gasteiger partial charge in [0, 0.05) is 26.2 Å². The lowest BCUT2D eigenvalue weighted by Gasteiger charge is -2.28. The van der Waals surface area contributed by atoms with Gasteiger partial charge in [0.05, 0.1) is 6.10 Å². The molecule has 1 N–H and O–H groups in total. The van der Waals surface area contributed by atoms with Crippen LogP contribution in [0.4, 0.5) is 4.79 Å². The molecule has 2 atom stereocenters. The van der Waals surface area contributed by atoms with Gasteiger partial charge in [0.25, 0.3) is 0 Å². The van der Waals surface area contributed by atoms with Gasteiger partial charge in [0.2, 0.25) is 0 Å². The standard InChI is InChI=1S/C23H28N2O2/c1-17-14-18(11-13-27-17)10-12-24-23(26)25-15-19-6-2-4-8-21(19)22-9-5-3-7-20(22)16-25/h2-9,17-18H,10-16H2,1H3,(H,24,26). The quantitative estimate of drug-likeness (QED) is 0.866. The second-order valence-electron chi connectivity index (χ2n) is 7.76. The number of rotatable bonds is 3. The minimum atomic E-state index is 0.0293. The first kappa shape index (κ1) is 18.1. The molecule has 1 fully saturated rings.